The Morgan fingerprint density at radius 3 is 2.33 bits per heavy atom. The first-order valence-electron chi connectivity index (χ1n) is 7.22. The smallest absolute Gasteiger partial charge is 0.0701 e. The van der Waals surface area contributed by atoms with Gasteiger partial charge in [0.25, 0.3) is 0 Å². The molecule has 4 aromatic rings. The van der Waals surface area contributed by atoms with Crippen LogP contribution in [-0.2, 0) is 6.54 Å². The summed E-state index contributed by atoms with van der Waals surface area (Å²) in [4.78, 5) is 4.18. The third kappa shape index (κ3) is 2.95. The van der Waals surface area contributed by atoms with Crippen molar-refractivity contribution >= 4 is 21.8 Å². The first-order valence-corrected chi connectivity index (χ1v) is 7.22. The maximum Gasteiger partial charge on any atom is 0.0701 e. The van der Waals surface area contributed by atoms with E-state index in [0.717, 1.165) is 12.1 Å². The maximum atomic E-state index is 4.18. The van der Waals surface area contributed by atoms with E-state index in [1.807, 2.05) is 30.5 Å². The van der Waals surface area contributed by atoms with Crippen LogP contribution in [0.15, 0.2) is 79.1 Å². The van der Waals surface area contributed by atoms with Crippen LogP contribution in [0.2, 0.25) is 0 Å². The minimum atomic E-state index is 1.05. The molecule has 2 heteroatoms. The van der Waals surface area contributed by atoms with Crippen LogP contribution >= 0.6 is 0 Å². The Hall–Kier alpha value is -2.61. The van der Waals surface area contributed by atoms with Gasteiger partial charge < -0.3 is 4.57 Å². The SMILES string of the molecule is CCn1ccc2ccccc21.c1ccc2ncccc2c1. The molecule has 0 unspecified atom stereocenters. The van der Waals surface area contributed by atoms with Gasteiger partial charge in [0.05, 0.1) is 5.52 Å². The van der Waals surface area contributed by atoms with Crippen molar-refractivity contribution in [3.05, 3.63) is 79.1 Å². The van der Waals surface area contributed by atoms with E-state index >= 15 is 0 Å². The van der Waals surface area contributed by atoms with E-state index in [2.05, 4.69) is 65.1 Å². The molecule has 0 saturated heterocycles. The number of fused-ring (bicyclic) bond motifs is 2. The van der Waals surface area contributed by atoms with Crippen molar-refractivity contribution in [1.82, 2.24) is 9.55 Å². The molecule has 0 amide bonds. The van der Waals surface area contributed by atoms with Crippen LogP contribution in [0.25, 0.3) is 21.8 Å². The molecule has 2 aromatic heterocycles. The molecule has 0 aliphatic heterocycles. The van der Waals surface area contributed by atoms with Crippen molar-refractivity contribution in [1.29, 1.82) is 0 Å². The fraction of sp³-hybridized carbons (Fsp3) is 0.105. The standard InChI is InChI=1S/C10H11N.C9H7N/c1-2-11-8-7-9-5-3-4-6-10(9)11;1-2-6-9-8(4-1)5-3-7-10-9/h3-8H,2H2,1H3;1-7H. The van der Waals surface area contributed by atoms with E-state index < -0.39 is 0 Å². The largest absolute Gasteiger partial charge is 0.348 e. The van der Waals surface area contributed by atoms with Gasteiger partial charge in [-0.25, -0.2) is 0 Å². The Bertz CT molecular complexity index is 781. The summed E-state index contributed by atoms with van der Waals surface area (Å²) in [6.45, 7) is 3.21. The number of rotatable bonds is 1. The molecule has 0 radical (unpaired) electrons. The summed E-state index contributed by atoms with van der Waals surface area (Å²) in [5, 5.41) is 2.53. The van der Waals surface area contributed by atoms with Crippen LogP contribution in [0.1, 0.15) is 6.92 Å². The van der Waals surface area contributed by atoms with Crippen molar-refractivity contribution < 1.29 is 0 Å². The van der Waals surface area contributed by atoms with Gasteiger partial charge in [-0.3, -0.25) is 4.98 Å². The number of aryl methyl sites for hydroxylation is 1. The highest BCUT2D eigenvalue weighted by atomic mass is 14.9. The lowest BCUT2D eigenvalue weighted by Crippen LogP contribution is -1.89. The highest BCUT2D eigenvalue weighted by Crippen LogP contribution is 2.14. The number of aromatic nitrogens is 2. The molecule has 2 aromatic carbocycles. The second kappa shape index (κ2) is 6.23. The van der Waals surface area contributed by atoms with Crippen LogP contribution in [0, 0.1) is 0 Å². The van der Waals surface area contributed by atoms with Crippen LogP contribution in [0.4, 0.5) is 0 Å². The average Bonchev–Trinajstić information content (AvgIpc) is 2.99. The maximum absolute atomic E-state index is 4.18. The first-order chi connectivity index (χ1) is 10.4. The van der Waals surface area contributed by atoms with Gasteiger partial charge in [0.1, 0.15) is 0 Å². The number of benzene rings is 2. The third-order valence-corrected chi connectivity index (χ3v) is 3.53. The Morgan fingerprint density at radius 2 is 1.52 bits per heavy atom. The van der Waals surface area contributed by atoms with Crippen LogP contribution in [-0.4, -0.2) is 9.55 Å². The highest BCUT2D eigenvalue weighted by Gasteiger charge is 1.95. The van der Waals surface area contributed by atoms with E-state index in [-0.39, 0.29) is 0 Å². The van der Waals surface area contributed by atoms with Crippen LogP contribution in [0.5, 0.6) is 0 Å². The lowest BCUT2D eigenvalue weighted by atomic mass is 10.2. The van der Waals surface area contributed by atoms with Crippen molar-refractivity contribution in [3.63, 3.8) is 0 Å². The molecule has 0 atom stereocenters. The third-order valence-electron chi connectivity index (χ3n) is 3.53. The summed E-state index contributed by atoms with van der Waals surface area (Å²) >= 11 is 0. The van der Waals surface area contributed by atoms with Crippen molar-refractivity contribution in [2.24, 2.45) is 0 Å². The molecule has 2 heterocycles. The molecule has 0 N–H and O–H groups in total. The summed E-state index contributed by atoms with van der Waals surface area (Å²) in [7, 11) is 0. The quantitative estimate of drug-likeness (QED) is 0.483. The van der Waals surface area contributed by atoms with E-state index in [0.29, 0.717) is 0 Å². The number of nitrogens with zero attached hydrogens (tertiary/aromatic N) is 2. The van der Waals surface area contributed by atoms with Gasteiger partial charge in [0.2, 0.25) is 0 Å². The normalized spacial score (nSPS) is 10.3. The predicted octanol–water partition coefficient (Wildman–Crippen LogP) is 4.90. The van der Waals surface area contributed by atoms with Crippen LogP contribution < -0.4 is 0 Å². The molecular weight excluding hydrogens is 256 g/mol. The molecule has 21 heavy (non-hydrogen) atoms. The lowest BCUT2D eigenvalue weighted by molar-refractivity contribution is 0.798. The second-order valence-corrected chi connectivity index (χ2v) is 4.86. The zero-order valence-corrected chi connectivity index (χ0v) is 12.1. The van der Waals surface area contributed by atoms with Gasteiger partial charge in [-0.2, -0.15) is 0 Å². The predicted molar refractivity (Wildman–Crippen MR) is 89.4 cm³/mol. The fourth-order valence-corrected chi connectivity index (χ4v) is 2.43. The molecule has 2 nitrogen and oxygen atoms in total. The summed E-state index contributed by atoms with van der Waals surface area (Å²) < 4.78 is 2.25. The van der Waals surface area contributed by atoms with E-state index in [1.165, 1.54) is 16.3 Å². The molecule has 0 bridgehead atoms. The van der Waals surface area contributed by atoms with Crippen molar-refractivity contribution in [3.8, 4) is 0 Å². The van der Waals surface area contributed by atoms with Crippen molar-refractivity contribution in [2.45, 2.75) is 13.5 Å². The molecule has 0 aliphatic rings. The van der Waals surface area contributed by atoms with E-state index in [1.54, 1.807) is 0 Å². The minimum absolute atomic E-state index is 1.05. The van der Waals surface area contributed by atoms with E-state index in [9.17, 15) is 0 Å². The monoisotopic (exact) mass is 274 g/mol. The fourth-order valence-electron chi connectivity index (χ4n) is 2.43. The molecule has 0 spiro atoms. The molecule has 0 saturated carbocycles. The Morgan fingerprint density at radius 1 is 0.810 bits per heavy atom. The van der Waals surface area contributed by atoms with Gasteiger partial charge in [0, 0.05) is 29.8 Å². The molecular formula is C19H18N2. The Labute approximate surface area is 124 Å². The molecule has 4 rings (SSSR count). The average molecular weight is 274 g/mol. The second-order valence-electron chi connectivity index (χ2n) is 4.86. The summed E-state index contributed by atoms with van der Waals surface area (Å²) in [5.74, 6) is 0. The number of pyridine rings is 1. The lowest BCUT2D eigenvalue weighted by Gasteiger charge is -1.98. The Balaban J connectivity index is 0.000000126. The summed E-state index contributed by atoms with van der Waals surface area (Å²) in [6, 6.07) is 22.7. The van der Waals surface area contributed by atoms with Gasteiger partial charge >= 0.3 is 0 Å². The summed E-state index contributed by atoms with van der Waals surface area (Å²) in [5.41, 5.74) is 2.39. The highest BCUT2D eigenvalue weighted by molar-refractivity contribution is 5.80. The zero-order chi connectivity index (χ0) is 14.5. The molecule has 0 aliphatic carbocycles. The van der Waals surface area contributed by atoms with Gasteiger partial charge in [-0.05, 0) is 36.6 Å². The summed E-state index contributed by atoms with van der Waals surface area (Å²) in [6.07, 6.45) is 3.94. The Kier molecular flexibility index (Phi) is 3.97. The first kappa shape index (κ1) is 13.4. The number of hydrogen-bond acceptors (Lipinski definition) is 1. The van der Waals surface area contributed by atoms with Gasteiger partial charge in [0.15, 0.2) is 0 Å². The zero-order valence-electron chi connectivity index (χ0n) is 12.1. The van der Waals surface area contributed by atoms with Crippen LogP contribution in [0.3, 0.4) is 0 Å². The minimum Gasteiger partial charge on any atom is -0.348 e. The molecule has 0 fully saturated rings. The van der Waals surface area contributed by atoms with Gasteiger partial charge in [-0.15, -0.1) is 0 Å². The number of hydrogen-bond donors (Lipinski definition) is 0. The van der Waals surface area contributed by atoms with Crippen molar-refractivity contribution in [2.75, 3.05) is 0 Å². The molecule has 104 valence electrons. The topological polar surface area (TPSA) is 17.8 Å². The number of para-hydroxylation sites is 2. The van der Waals surface area contributed by atoms with E-state index in [4.69, 9.17) is 0 Å². The van der Waals surface area contributed by atoms with Gasteiger partial charge in [-0.1, -0.05) is 42.5 Å².